The third kappa shape index (κ3) is 4.09. The molecule has 0 saturated carbocycles. The normalized spacial score (nSPS) is 12.1. The number of aryl methyl sites for hydroxylation is 1. The lowest BCUT2D eigenvalue weighted by Gasteiger charge is -2.20. The average Bonchev–Trinajstić information content (AvgIpc) is 2.68. The van der Waals surface area contributed by atoms with Crippen LogP contribution in [-0.4, -0.2) is 24.1 Å². The first-order valence-electron chi connectivity index (χ1n) is 9.40. The zero-order valence-corrected chi connectivity index (χ0v) is 16.9. The van der Waals surface area contributed by atoms with Gasteiger partial charge in [-0.3, -0.25) is 9.78 Å². The lowest BCUT2D eigenvalue weighted by molar-refractivity contribution is -0.122. The van der Waals surface area contributed by atoms with Gasteiger partial charge in [-0.05, 0) is 61.2 Å². The second kappa shape index (κ2) is 8.30. The number of pyridine rings is 1. The molecule has 0 bridgehead atoms. The number of hydrogen-bond acceptors (Lipinski definition) is 4. The second-order valence-electron chi connectivity index (χ2n) is 7.16. The van der Waals surface area contributed by atoms with Crippen molar-refractivity contribution in [3.8, 4) is 11.5 Å². The molecule has 3 rings (SSSR count). The van der Waals surface area contributed by atoms with E-state index in [2.05, 4.69) is 36.3 Å². The number of rotatable bonds is 6. The van der Waals surface area contributed by atoms with Crippen molar-refractivity contribution in [3.63, 3.8) is 0 Å². The van der Waals surface area contributed by atoms with Gasteiger partial charge in [-0.15, -0.1) is 0 Å². The Balaban J connectivity index is 1.83. The highest BCUT2D eigenvalue weighted by atomic mass is 16.5. The van der Waals surface area contributed by atoms with Gasteiger partial charge >= 0.3 is 0 Å². The highest BCUT2D eigenvalue weighted by Gasteiger charge is 2.19. The van der Waals surface area contributed by atoms with Crippen LogP contribution in [0.4, 0.5) is 5.69 Å². The van der Waals surface area contributed by atoms with Gasteiger partial charge in [0.05, 0.1) is 12.8 Å². The minimum Gasteiger partial charge on any atom is -0.494 e. The Morgan fingerprint density at radius 3 is 2.57 bits per heavy atom. The topological polar surface area (TPSA) is 60.5 Å². The molecule has 0 spiro atoms. The Bertz CT molecular complexity index is 998. The maximum absolute atomic E-state index is 12.8. The summed E-state index contributed by atoms with van der Waals surface area (Å²) in [6.45, 7) is 7.99. The van der Waals surface area contributed by atoms with E-state index in [0.29, 0.717) is 22.9 Å². The summed E-state index contributed by atoms with van der Waals surface area (Å²) >= 11 is 0. The molecule has 0 aliphatic heterocycles. The maximum atomic E-state index is 12.8. The number of anilines is 1. The summed E-state index contributed by atoms with van der Waals surface area (Å²) in [6, 6.07) is 13.5. The molecule has 1 heterocycles. The number of hydrogen-bond donors (Lipinski definition) is 1. The standard InChI is InChI=1S/C23H26N2O3/c1-14(2)17-9-8-15(3)13-21(17)28-16(4)23(26)25-19-10-11-20(27-5)22-18(19)7-6-12-24-22/h6-14,16H,1-5H3,(H,25,26). The molecule has 0 radical (unpaired) electrons. The van der Waals surface area contributed by atoms with E-state index in [0.717, 1.165) is 22.3 Å². The van der Waals surface area contributed by atoms with Crippen LogP contribution in [0.15, 0.2) is 48.7 Å². The van der Waals surface area contributed by atoms with Crippen molar-refractivity contribution >= 4 is 22.5 Å². The van der Waals surface area contributed by atoms with Crippen LogP contribution in [-0.2, 0) is 4.79 Å². The third-order valence-electron chi connectivity index (χ3n) is 4.67. The molecule has 0 saturated heterocycles. The Morgan fingerprint density at radius 2 is 1.86 bits per heavy atom. The minimum atomic E-state index is -0.645. The van der Waals surface area contributed by atoms with Crippen LogP contribution in [0.3, 0.4) is 0 Å². The van der Waals surface area contributed by atoms with E-state index < -0.39 is 6.10 Å². The Labute approximate surface area is 165 Å². The zero-order valence-electron chi connectivity index (χ0n) is 16.9. The third-order valence-corrected chi connectivity index (χ3v) is 4.67. The van der Waals surface area contributed by atoms with Crippen molar-refractivity contribution in [1.82, 2.24) is 4.98 Å². The van der Waals surface area contributed by atoms with Crippen LogP contribution >= 0.6 is 0 Å². The number of carbonyl (C=O) groups is 1. The van der Waals surface area contributed by atoms with Crippen molar-refractivity contribution in [3.05, 3.63) is 59.8 Å². The van der Waals surface area contributed by atoms with E-state index in [1.807, 2.05) is 31.2 Å². The van der Waals surface area contributed by atoms with E-state index >= 15 is 0 Å². The van der Waals surface area contributed by atoms with Crippen LogP contribution in [0.1, 0.15) is 37.8 Å². The number of amides is 1. The number of nitrogens with one attached hydrogen (secondary N) is 1. The van der Waals surface area contributed by atoms with Crippen LogP contribution < -0.4 is 14.8 Å². The van der Waals surface area contributed by atoms with E-state index in [1.54, 1.807) is 26.3 Å². The second-order valence-corrected chi connectivity index (χ2v) is 7.16. The highest BCUT2D eigenvalue weighted by molar-refractivity contribution is 6.04. The summed E-state index contributed by atoms with van der Waals surface area (Å²) in [4.78, 5) is 17.2. The number of carbonyl (C=O) groups excluding carboxylic acids is 1. The van der Waals surface area contributed by atoms with Crippen LogP contribution in [0.5, 0.6) is 11.5 Å². The maximum Gasteiger partial charge on any atom is 0.265 e. The van der Waals surface area contributed by atoms with Gasteiger partial charge in [0.15, 0.2) is 6.10 Å². The lowest BCUT2D eigenvalue weighted by Crippen LogP contribution is -2.30. The van der Waals surface area contributed by atoms with Gasteiger partial charge in [0, 0.05) is 11.6 Å². The molecule has 1 atom stereocenters. The molecule has 5 heteroatoms. The van der Waals surface area contributed by atoms with Gasteiger partial charge < -0.3 is 14.8 Å². The first-order chi connectivity index (χ1) is 13.4. The van der Waals surface area contributed by atoms with Crippen molar-refractivity contribution in [2.75, 3.05) is 12.4 Å². The van der Waals surface area contributed by atoms with E-state index in [1.165, 1.54) is 0 Å². The summed E-state index contributed by atoms with van der Waals surface area (Å²) in [6.07, 6.45) is 1.06. The molecule has 0 aliphatic carbocycles. The predicted octanol–water partition coefficient (Wildman–Crippen LogP) is 5.08. The first kappa shape index (κ1) is 19.7. The molecule has 1 unspecified atom stereocenters. The molecule has 146 valence electrons. The van der Waals surface area contributed by atoms with Gasteiger partial charge in [0.2, 0.25) is 0 Å². The van der Waals surface area contributed by atoms with E-state index in [-0.39, 0.29) is 5.91 Å². The molecule has 0 aliphatic rings. The molecule has 2 aromatic carbocycles. The zero-order chi connectivity index (χ0) is 20.3. The molecule has 1 aromatic heterocycles. The molecule has 1 amide bonds. The van der Waals surface area contributed by atoms with Crippen molar-refractivity contribution in [2.24, 2.45) is 0 Å². The smallest absolute Gasteiger partial charge is 0.265 e. The predicted molar refractivity (Wildman–Crippen MR) is 112 cm³/mol. The Morgan fingerprint density at radius 1 is 1.07 bits per heavy atom. The molecule has 3 aromatic rings. The summed E-state index contributed by atoms with van der Waals surface area (Å²) in [7, 11) is 1.60. The van der Waals surface area contributed by atoms with Crippen molar-refractivity contribution in [2.45, 2.75) is 39.7 Å². The SMILES string of the molecule is COc1ccc(NC(=O)C(C)Oc2cc(C)ccc2C(C)C)c2cccnc12. The lowest BCUT2D eigenvalue weighted by atomic mass is 10.0. The number of ether oxygens (including phenoxy) is 2. The number of methoxy groups -OCH3 is 1. The van der Waals surface area contributed by atoms with Crippen molar-refractivity contribution < 1.29 is 14.3 Å². The van der Waals surface area contributed by atoms with Gasteiger partial charge in [-0.2, -0.15) is 0 Å². The molecule has 0 fully saturated rings. The summed E-state index contributed by atoms with van der Waals surface area (Å²) < 4.78 is 11.4. The summed E-state index contributed by atoms with van der Waals surface area (Å²) in [5.41, 5.74) is 3.57. The van der Waals surface area contributed by atoms with E-state index in [9.17, 15) is 4.79 Å². The molecular formula is C23H26N2O3. The highest BCUT2D eigenvalue weighted by Crippen LogP contribution is 2.31. The summed E-state index contributed by atoms with van der Waals surface area (Å²) in [5.74, 6) is 1.51. The van der Waals surface area contributed by atoms with Gasteiger partial charge in [0.1, 0.15) is 17.0 Å². The number of benzene rings is 2. The number of nitrogens with zero attached hydrogens (tertiary/aromatic N) is 1. The minimum absolute atomic E-state index is 0.216. The fraction of sp³-hybridized carbons (Fsp3) is 0.304. The Hall–Kier alpha value is -3.08. The molecular weight excluding hydrogens is 352 g/mol. The molecule has 1 N–H and O–H groups in total. The molecule has 5 nitrogen and oxygen atoms in total. The number of fused-ring (bicyclic) bond motifs is 1. The van der Waals surface area contributed by atoms with E-state index in [4.69, 9.17) is 9.47 Å². The quantitative estimate of drug-likeness (QED) is 0.650. The van der Waals surface area contributed by atoms with Gasteiger partial charge in [-0.25, -0.2) is 0 Å². The Kier molecular flexibility index (Phi) is 5.83. The fourth-order valence-corrected chi connectivity index (χ4v) is 3.12. The van der Waals surface area contributed by atoms with Crippen LogP contribution in [0.25, 0.3) is 10.9 Å². The average molecular weight is 378 g/mol. The molecule has 28 heavy (non-hydrogen) atoms. The first-order valence-corrected chi connectivity index (χ1v) is 9.40. The largest absolute Gasteiger partial charge is 0.494 e. The monoisotopic (exact) mass is 378 g/mol. The van der Waals surface area contributed by atoms with Crippen LogP contribution in [0.2, 0.25) is 0 Å². The van der Waals surface area contributed by atoms with Crippen molar-refractivity contribution in [1.29, 1.82) is 0 Å². The number of aromatic nitrogens is 1. The fourth-order valence-electron chi connectivity index (χ4n) is 3.12. The van der Waals surface area contributed by atoms with Gasteiger partial charge in [0.25, 0.3) is 5.91 Å². The van der Waals surface area contributed by atoms with Crippen LogP contribution in [0, 0.1) is 6.92 Å². The van der Waals surface area contributed by atoms with Gasteiger partial charge in [-0.1, -0.05) is 26.0 Å². The summed E-state index contributed by atoms with van der Waals surface area (Å²) in [5, 5.41) is 3.78.